The maximum Gasteiger partial charge on any atom is 0.133 e. The number of benzene rings is 2. The van der Waals surface area contributed by atoms with Crippen molar-refractivity contribution in [3.63, 3.8) is 0 Å². The minimum atomic E-state index is -0.219. The zero-order valence-electron chi connectivity index (χ0n) is 11.1. The van der Waals surface area contributed by atoms with Crippen LogP contribution in [-0.2, 0) is 0 Å². The fraction of sp³-hybridized carbons (Fsp3) is 0.200. The molecule has 0 saturated heterocycles. The molecule has 0 bridgehead atoms. The first-order chi connectivity index (χ1) is 9.56. The van der Waals surface area contributed by atoms with Crippen molar-refractivity contribution in [2.75, 3.05) is 14.2 Å². The summed E-state index contributed by atoms with van der Waals surface area (Å²) in [6.45, 7) is 0. The molecule has 1 atom stereocenters. The van der Waals surface area contributed by atoms with Gasteiger partial charge in [0.15, 0.2) is 0 Å². The van der Waals surface area contributed by atoms with Gasteiger partial charge < -0.3 is 10.1 Å². The lowest BCUT2D eigenvalue weighted by atomic mass is 9.99. The van der Waals surface area contributed by atoms with Crippen LogP contribution in [0.3, 0.4) is 0 Å². The number of rotatable bonds is 4. The number of methoxy groups -OCH3 is 1. The monoisotopic (exact) mass is 449 g/mol. The van der Waals surface area contributed by atoms with Crippen LogP contribution in [0.15, 0.2) is 40.9 Å². The van der Waals surface area contributed by atoms with E-state index in [-0.39, 0.29) is 11.9 Å². The van der Waals surface area contributed by atoms with Crippen molar-refractivity contribution in [2.45, 2.75) is 6.04 Å². The van der Waals surface area contributed by atoms with Crippen molar-refractivity contribution in [2.24, 2.45) is 0 Å². The minimum Gasteiger partial charge on any atom is -0.496 e. The summed E-state index contributed by atoms with van der Waals surface area (Å²) >= 11 is 5.65. The molecule has 0 aromatic heterocycles. The average Bonchev–Trinajstić information content (AvgIpc) is 2.42. The highest BCUT2D eigenvalue weighted by Crippen LogP contribution is 2.32. The van der Waals surface area contributed by atoms with Crippen LogP contribution in [-0.4, -0.2) is 14.2 Å². The van der Waals surface area contributed by atoms with Gasteiger partial charge in [0.1, 0.15) is 11.6 Å². The Kier molecular flexibility index (Phi) is 5.40. The second-order valence-corrected chi connectivity index (χ2v) is 6.30. The molecule has 2 rings (SSSR count). The molecule has 0 amide bonds. The Morgan fingerprint density at radius 2 is 2.00 bits per heavy atom. The van der Waals surface area contributed by atoms with Gasteiger partial charge in [-0.15, -0.1) is 0 Å². The van der Waals surface area contributed by atoms with E-state index >= 15 is 0 Å². The van der Waals surface area contributed by atoms with E-state index < -0.39 is 0 Å². The zero-order chi connectivity index (χ0) is 14.7. The summed E-state index contributed by atoms with van der Waals surface area (Å²) in [5.41, 5.74) is 2.14. The van der Waals surface area contributed by atoms with Crippen LogP contribution in [0.1, 0.15) is 17.2 Å². The normalized spacial score (nSPS) is 12.2. The SMILES string of the molecule is CNC(c1ccc(OC)c(Br)c1)c1ccc(F)cc1I. The summed E-state index contributed by atoms with van der Waals surface area (Å²) in [5.74, 6) is 0.571. The summed E-state index contributed by atoms with van der Waals surface area (Å²) in [6.07, 6.45) is 0. The molecule has 2 aromatic rings. The lowest BCUT2D eigenvalue weighted by molar-refractivity contribution is 0.412. The van der Waals surface area contributed by atoms with Crippen LogP contribution in [0.25, 0.3) is 0 Å². The smallest absolute Gasteiger partial charge is 0.133 e. The Labute approximate surface area is 140 Å². The van der Waals surface area contributed by atoms with E-state index in [4.69, 9.17) is 4.74 Å². The van der Waals surface area contributed by atoms with E-state index in [1.807, 2.05) is 31.3 Å². The predicted octanol–water partition coefficient (Wildman–Crippen LogP) is 4.51. The van der Waals surface area contributed by atoms with E-state index in [9.17, 15) is 4.39 Å². The van der Waals surface area contributed by atoms with Gasteiger partial charge in [0, 0.05) is 3.57 Å². The number of nitrogens with one attached hydrogen (secondary N) is 1. The molecule has 0 saturated carbocycles. The molecule has 5 heteroatoms. The Morgan fingerprint density at radius 1 is 1.25 bits per heavy atom. The van der Waals surface area contributed by atoms with E-state index in [0.717, 1.165) is 24.9 Å². The van der Waals surface area contributed by atoms with Gasteiger partial charge in [-0.25, -0.2) is 4.39 Å². The van der Waals surface area contributed by atoms with Gasteiger partial charge in [-0.1, -0.05) is 12.1 Å². The number of ether oxygens (including phenoxy) is 1. The molecular weight excluding hydrogens is 436 g/mol. The van der Waals surface area contributed by atoms with Gasteiger partial charge >= 0.3 is 0 Å². The summed E-state index contributed by atoms with van der Waals surface area (Å²) in [7, 11) is 3.53. The van der Waals surface area contributed by atoms with Crippen LogP contribution in [0, 0.1) is 9.39 Å². The van der Waals surface area contributed by atoms with Crippen LogP contribution in [0.4, 0.5) is 4.39 Å². The van der Waals surface area contributed by atoms with Crippen molar-refractivity contribution in [1.29, 1.82) is 0 Å². The zero-order valence-corrected chi connectivity index (χ0v) is 14.8. The van der Waals surface area contributed by atoms with E-state index in [0.29, 0.717) is 0 Å². The second-order valence-electron chi connectivity index (χ2n) is 4.28. The fourth-order valence-electron chi connectivity index (χ4n) is 2.10. The van der Waals surface area contributed by atoms with Crippen molar-refractivity contribution in [3.8, 4) is 5.75 Å². The molecule has 0 fully saturated rings. The molecular formula is C15H14BrFINO. The Hall–Kier alpha value is -0.660. The quantitative estimate of drug-likeness (QED) is 0.693. The highest BCUT2D eigenvalue weighted by atomic mass is 127. The van der Waals surface area contributed by atoms with Gasteiger partial charge in [-0.3, -0.25) is 0 Å². The number of hydrogen-bond acceptors (Lipinski definition) is 2. The van der Waals surface area contributed by atoms with Gasteiger partial charge in [0.2, 0.25) is 0 Å². The van der Waals surface area contributed by atoms with Crippen molar-refractivity contribution in [3.05, 3.63) is 61.4 Å². The van der Waals surface area contributed by atoms with Crippen LogP contribution in [0.5, 0.6) is 5.75 Å². The third-order valence-electron chi connectivity index (χ3n) is 3.07. The topological polar surface area (TPSA) is 21.3 Å². The lowest BCUT2D eigenvalue weighted by Crippen LogP contribution is -2.18. The maximum absolute atomic E-state index is 13.2. The highest BCUT2D eigenvalue weighted by Gasteiger charge is 2.16. The summed E-state index contributed by atoms with van der Waals surface area (Å²) < 4.78 is 20.3. The van der Waals surface area contributed by atoms with E-state index in [1.165, 1.54) is 6.07 Å². The molecule has 1 unspecified atom stereocenters. The molecule has 106 valence electrons. The minimum absolute atomic E-state index is 0.00436. The van der Waals surface area contributed by atoms with E-state index in [2.05, 4.69) is 43.8 Å². The first kappa shape index (κ1) is 15.7. The van der Waals surface area contributed by atoms with E-state index in [1.54, 1.807) is 13.2 Å². The number of hydrogen-bond donors (Lipinski definition) is 1. The first-order valence-corrected chi connectivity index (χ1v) is 7.89. The van der Waals surface area contributed by atoms with Gasteiger partial charge in [0.25, 0.3) is 0 Å². The van der Waals surface area contributed by atoms with Crippen molar-refractivity contribution < 1.29 is 9.13 Å². The van der Waals surface area contributed by atoms with Gasteiger partial charge in [-0.2, -0.15) is 0 Å². The second kappa shape index (κ2) is 6.87. The molecule has 1 N–H and O–H groups in total. The highest BCUT2D eigenvalue weighted by molar-refractivity contribution is 14.1. The molecule has 0 aliphatic carbocycles. The number of halogens is 3. The molecule has 0 radical (unpaired) electrons. The van der Waals surface area contributed by atoms with Crippen LogP contribution < -0.4 is 10.1 Å². The molecule has 0 aliphatic rings. The third kappa shape index (κ3) is 3.32. The Morgan fingerprint density at radius 3 is 2.55 bits per heavy atom. The summed E-state index contributed by atoms with van der Waals surface area (Å²) in [4.78, 5) is 0. The Balaban J connectivity index is 2.44. The predicted molar refractivity (Wildman–Crippen MR) is 90.7 cm³/mol. The molecule has 2 aromatic carbocycles. The van der Waals surface area contributed by atoms with Gasteiger partial charge in [0.05, 0.1) is 17.6 Å². The molecule has 2 nitrogen and oxygen atoms in total. The average molecular weight is 450 g/mol. The fourth-order valence-corrected chi connectivity index (χ4v) is 3.45. The molecule has 0 spiro atoms. The van der Waals surface area contributed by atoms with Crippen molar-refractivity contribution in [1.82, 2.24) is 5.32 Å². The summed E-state index contributed by atoms with van der Waals surface area (Å²) in [5, 5.41) is 3.27. The van der Waals surface area contributed by atoms with Gasteiger partial charge in [-0.05, 0) is 81.0 Å². The molecule has 20 heavy (non-hydrogen) atoms. The largest absolute Gasteiger partial charge is 0.496 e. The third-order valence-corrected chi connectivity index (χ3v) is 4.63. The Bertz CT molecular complexity index is 621. The van der Waals surface area contributed by atoms with Crippen LogP contribution >= 0.6 is 38.5 Å². The molecule has 0 aliphatic heterocycles. The first-order valence-electron chi connectivity index (χ1n) is 6.02. The molecule has 0 heterocycles. The lowest BCUT2D eigenvalue weighted by Gasteiger charge is -2.19. The van der Waals surface area contributed by atoms with Crippen molar-refractivity contribution >= 4 is 38.5 Å². The maximum atomic E-state index is 13.2. The van der Waals surface area contributed by atoms with Crippen LogP contribution in [0.2, 0.25) is 0 Å². The summed E-state index contributed by atoms with van der Waals surface area (Å²) in [6, 6.07) is 10.8. The standard InChI is InChI=1S/C15H14BrFINO/c1-19-15(11-5-4-10(17)8-13(11)18)9-3-6-14(20-2)12(16)7-9/h3-8,15,19H,1-2H3.